The van der Waals surface area contributed by atoms with E-state index in [9.17, 15) is 0 Å². The summed E-state index contributed by atoms with van der Waals surface area (Å²) < 4.78 is 2.02. The largest absolute Gasteiger partial charge is 0.338 e. The smallest absolute Gasteiger partial charge is 0.154 e. The molecule has 1 aromatic rings. The van der Waals surface area contributed by atoms with Crippen molar-refractivity contribution in [2.45, 2.75) is 4.83 Å². The maximum atomic E-state index is 4.23. The summed E-state index contributed by atoms with van der Waals surface area (Å²) in [7, 11) is 2.63. The van der Waals surface area contributed by atoms with Gasteiger partial charge in [0.1, 0.15) is 0 Å². The Balaban J connectivity index is 2.52. The molecule has 3 nitrogen and oxygen atoms in total. The SMILES string of the molecule is PN1CC(Br)c2nccnc21. The average molecular weight is 232 g/mol. The fourth-order valence-corrected chi connectivity index (χ4v) is 2.48. The van der Waals surface area contributed by atoms with Gasteiger partial charge in [-0.3, -0.25) is 4.98 Å². The zero-order chi connectivity index (χ0) is 7.84. The van der Waals surface area contributed by atoms with Gasteiger partial charge < -0.3 is 4.67 Å². The molecule has 1 aromatic heterocycles. The highest BCUT2D eigenvalue weighted by atomic mass is 79.9. The first kappa shape index (κ1) is 7.44. The minimum absolute atomic E-state index is 0.323. The van der Waals surface area contributed by atoms with Gasteiger partial charge in [-0.25, -0.2) is 4.98 Å². The van der Waals surface area contributed by atoms with Gasteiger partial charge in [0.15, 0.2) is 5.82 Å². The fourth-order valence-electron chi connectivity index (χ4n) is 1.13. The molecule has 0 aromatic carbocycles. The van der Waals surface area contributed by atoms with Crippen LogP contribution in [0.2, 0.25) is 0 Å². The van der Waals surface area contributed by atoms with Crippen LogP contribution in [0.15, 0.2) is 12.4 Å². The van der Waals surface area contributed by atoms with Crippen LogP contribution in [0.5, 0.6) is 0 Å². The molecule has 2 atom stereocenters. The standard InChI is InChI=1S/C6H7BrN3P/c7-4-3-10(11)6-5(4)8-1-2-9-6/h1-2,4H,3,11H2. The van der Waals surface area contributed by atoms with E-state index in [1.807, 2.05) is 4.67 Å². The first-order chi connectivity index (χ1) is 5.29. The normalized spacial score (nSPS) is 22.0. The third-order valence-corrected chi connectivity index (χ3v) is 2.81. The van der Waals surface area contributed by atoms with E-state index < -0.39 is 0 Å². The molecule has 0 N–H and O–H groups in total. The van der Waals surface area contributed by atoms with E-state index >= 15 is 0 Å². The fraction of sp³-hybridized carbons (Fsp3) is 0.333. The Morgan fingerprint density at radius 2 is 2.27 bits per heavy atom. The second-order valence-electron chi connectivity index (χ2n) is 2.39. The highest BCUT2D eigenvalue weighted by molar-refractivity contribution is 9.09. The van der Waals surface area contributed by atoms with Crippen LogP contribution in [0.1, 0.15) is 10.5 Å². The Morgan fingerprint density at radius 3 is 3.00 bits per heavy atom. The van der Waals surface area contributed by atoms with E-state index in [1.54, 1.807) is 12.4 Å². The molecular weight excluding hydrogens is 225 g/mol. The zero-order valence-electron chi connectivity index (χ0n) is 5.74. The van der Waals surface area contributed by atoms with Crippen molar-refractivity contribution in [3.63, 3.8) is 0 Å². The molecule has 0 aliphatic carbocycles. The van der Waals surface area contributed by atoms with Crippen LogP contribution in [-0.4, -0.2) is 16.5 Å². The first-order valence-corrected chi connectivity index (χ1v) is 4.69. The van der Waals surface area contributed by atoms with Gasteiger partial charge in [-0.2, -0.15) is 0 Å². The number of aromatic nitrogens is 2. The molecule has 0 fully saturated rings. The third kappa shape index (κ3) is 1.14. The van der Waals surface area contributed by atoms with E-state index in [-0.39, 0.29) is 0 Å². The number of alkyl halides is 1. The Kier molecular flexibility index (Phi) is 1.81. The zero-order valence-corrected chi connectivity index (χ0v) is 8.48. The Labute approximate surface area is 75.6 Å². The summed E-state index contributed by atoms with van der Waals surface area (Å²) in [4.78, 5) is 8.75. The summed E-state index contributed by atoms with van der Waals surface area (Å²) in [5.41, 5.74) is 1.03. The summed E-state index contributed by atoms with van der Waals surface area (Å²) in [6.07, 6.45) is 3.43. The molecule has 58 valence electrons. The van der Waals surface area contributed by atoms with Crippen LogP contribution < -0.4 is 4.67 Å². The summed E-state index contributed by atoms with van der Waals surface area (Å²) in [5, 5.41) is 0. The number of halogens is 1. The van der Waals surface area contributed by atoms with Crippen molar-refractivity contribution >= 4 is 31.1 Å². The van der Waals surface area contributed by atoms with E-state index in [4.69, 9.17) is 0 Å². The number of hydrogen-bond acceptors (Lipinski definition) is 3. The van der Waals surface area contributed by atoms with Crippen LogP contribution in [0.25, 0.3) is 0 Å². The van der Waals surface area contributed by atoms with Gasteiger partial charge in [0.25, 0.3) is 0 Å². The van der Waals surface area contributed by atoms with Gasteiger partial charge >= 0.3 is 0 Å². The van der Waals surface area contributed by atoms with Crippen LogP contribution in [0.4, 0.5) is 5.82 Å². The molecule has 0 bridgehead atoms. The molecule has 2 rings (SSSR count). The molecule has 0 spiro atoms. The predicted molar refractivity (Wildman–Crippen MR) is 50.8 cm³/mol. The summed E-state index contributed by atoms with van der Waals surface area (Å²) >= 11 is 3.52. The lowest BCUT2D eigenvalue weighted by molar-refractivity contribution is 1.00. The Hall–Kier alpha value is -0.210. The summed E-state index contributed by atoms with van der Waals surface area (Å²) in [6.45, 7) is 0.921. The van der Waals surface area contributed by atoms with Crippen LogP contribution in [0, 0.1) is 0 Å². The lowest BCUT2D eigenvalue weighted by atomic mass is 10.4. The molecule has 0 amide bonds. The minimum Gasteiger partial charge on any atom is -0.338 e. The van der Waals surface area contributed by atoms with Crippen molar-refractivity contribution in [3.8, 4) is 0 Å². The molecule has 0 saturated carbocycles. The Bertz CT molecular complexity index is 253. The average Bonchev–Trinajstić information content (AvgIpc) is 2.30. The molecular formula is C6H7BrN3P. The van der Waals surface area contributed by atoms with Crippen molar-refractivity contribution in [1.82, 2.24) is 9.97 Å². The molecule has 2 heterocycles. The molecule has 1 aliphatic heterocycles. The van der Waals surface area contributed by atoms with Gasteiger partial charge in [0.05, 0.1) is 10.5 Å². The molecule has 2 unspecified atom stereocenters. The molecule has 5 heteroatoms. The Morgan fingerprint density at radius 1 is 1.55 bits per heavy atom. The van der Waals surface area contributed by atoms with Crippen molar-refractivity contribution in [2.24, 2.45) is 0 Å². The highest BCUT2D eigenvalue weighted by Crippen LogP contribution is 2.37. The number of anilines is 1. The molecule has 0 saturated heterocycles. The van der Waals surface area contributed by atoms with Gasteiger partial charge in [-0.1, -0.05) is 15.9 Å². The lowest BCUT2D eigenvalue weighted by Gasteiger charge is -2.07. The topological polar surface area (TPSA) is 29.0 Å². The maximum absolute atomic E-state index is 4.23. The van der Waals surface area contributed by atoms with Crippen LogP contribution in [0.3, 0.4) is 0 Å². The van der Waals surface area contributed by atoms with E-state index in [1.165, 1.54) is 0 Å². The van der Waals surface area contributed by atoms with E-state index in [0.29, 0.717) is 4.83 Å². The van der Waals surface area contributed by atoms with Crippen molar-refractivity contribution in [3.05, 3.63) is 18.1 Å². The third-order valence-electron chi connectivity index (χ3n) is 1.63. The predicted octanol–water partition coefficient (Wildman–Crippen LogP) is 1.52. The van der Waals surface area contributed by atoms with E-state index in [2.05, 4.69) is 35.3 Å². The van der Waals surface area contributed by atoms with E-state index in [0.717, 1.165) is 18.1 Å². The summed E-state index contributed by atoms with van der Waals surface area (Å²) in [5.74, 6) is 0.958. The molecule has 0 radical (unpaired) electrons. The second-order valence-corrected chi connectivity index (χ2v) is 4.11. The van der Waals surface area contributed by atoms with Gasteiger partial charge in [-0.05, 0) is 9.39 Å². The molecule has 11 heavy (non-hydrogen) atoms. The molecule has 1 aliphatic rings. The van der Waals surface area contributed by atoms with Gasteiger partial charge in [-0.15, -0.1) is 0 Å². The number of hydrogen-bond donors (Lipinski definition) is 0. The number of fused-ring (bicyclic) bond motifs is 1. The monoisotopic (exact) mass is 231 g/mol. The van der Waals surface area contributed by atoms with Crippen LogP contribution in [-0.2, 0) is 0 Å². The van der Waals surface area contributed by atoms with Gasteiger partial charge in [0.2, 0.25) is 0 Å². The maximum Gasteiger partial charge on any atom is 0.154 e. The number of nitrogens with zero attached hydrogens (tertiary/aromatic N) is 3. The summed E-state index contributed by atoms with van der Waals surface area (Å²) in [6, 6.07) is 0. The van der Waals surface area contributed by atoms with Crippen molar-refractivity contribution in [1.29, 1.82) is 0 Å². The van der Waals surface area contributed by atoms with Crippen LogP contribution >= 0.6 is 25.3 Å². The highest BCUT2D eigenvalue weighted by Gasteiger charge is 2.26. The second kappa shape index (κ2) is 2.68. The van der Waals surface area contributed by atoms with Crippen molar-refractivity contribution in [2.75, 3.05) is 11.2 Å². The minimum atomic E-state index is 0.323. The van der Waals surface area contributed by atoms with Gasteiger partial charge in [0, 0.05) is 18.9 Å². The quantitative estimate of drug-likeness (QED) is 0.501. The van der Waals surface area contributed by atoms with Crippen molar-refractivity contribution < 1.29 is 0 Å². The number of rotatable bonds is 0. The first-order valence-electron chi connectivity index (χ1n) is 3.26. The lowest BCUT2D eigenvalue weighted by Crippen LogP contribution is -2.05.